The highest BCUT2D eigenvalue weighted by Gasteiger charge is 2.12. The zero-order chi connectivity index (χ0) is 14.5. The van der Waals surface area contributed by atoms with Gasteiger partial charge in [0, 0.05) is 13.1 Å². The van der Waals surface area contributed by atoms with Crippen LogP contribution in [0.1, 0.15) is 10.5 Å². The van der Waals surface area contributed by atoms with Crippen LogP contribution >= 0.6 is 0 Å². The topological polar surface area (TPSA) is 76.1 Å². The number of aromatic nitrogens is 2. The molecule has 2 rings (SSSR count). The lowest BCUT2D eigenvalue weighted by molar-refractivity contribution is 0.102. The van der Waals surface area contributed by atoms with Crippen molar-refractivity contribution in [3.05, 3.63) is 42.1 Å². The van der Waals surface area contributed by atoms with Gasteiger partial charge in [-0.05, 0) is 12.1 Å². The van der Waals surface area contributed by atoms with E-state index >= 15 is 0 Å². The van der Waals surface area contributed by atoms with E-state index in [1.54, 1.807) is 7.05 Å². The van der Waals surface area contributed by atoms with Crippen LogP contribution in [0.15, 0.2) is 30.6 Å². The van der Waals surface area contributed by atoms with E-state index in [-0.39, 0.29) is 11.4 Å². The molecule has 2 aromatic rings. The highest BCUT2D eigenvalue weighted by molar-refractivity contribution is 6.03. The Morgan fingerprint density at radius 1 is 1.35 bits per heavy atom. The molecule has 1 aromatic carbocycles. The minimum absolute atomic E-state index is 0.142. The molecule has 0 saturated heterocycles. The van der Waals surface area contributed by atoms with Gasteiger partial charge < -0.3 is 15.4 Å². The predicted octanol–water partition coefficient (Wildman–Crippen LogP) is 1.92. The van der Waals surface area contributed by atoms with E-state index in [1.807, 2.05) is 0 Å². The van der Waals surface area contributed by atoms with Crippen LogP contribution in [0, 0.1) is 5.82 Å². The molecule has 0 radical (unpaired) electrons. The Balaban J connectivity index is 2.23. The Kier molecular flexibility index (Phi) is 4.09. The number of rotatable bonds is 4. The summed E-state index contributed by atoms with van der Waals surface area (Å²) in [6.07, 6.45) is 2.83. The summed E-state index contributed by atoms with van der Waals surface area (Å²) in [5.41, 5.74) is 0.499. The van der Waals surface area contributed by atoms with Crippen molar-refractivity contribution in [2.24, 2.45) is 0 Å². The maximum Gasteiger partial charge on any atom is 0.276 e. The fourth-order valence-corrected chi connectivity index (χ4v) is 1.55. The summed E-state index contributed by atoms with van der Waals surface area (Å²) in [7, 11) is 3.07. The second kappa shape index (κ2) is 5.96. The van der Waals surface area contributed by atoms with Gasteiger partial charge >= 0.3 is 0 Å². The second-order valence-electron chi connectivity index (χ2n) is 3.84. The van der Waals surface area contributed by atoms with Crippen LogP contribution in [0.25, 0.3) is 0 Å². The number of hydrogen-bond acceptors (Lipinski definition) is 5. The van der Waals surface area contributed by atoms with Crippen LogP contribution < -0.4 is 15.4 Å². The lowest BCUT2D eigenvalue weighted by Gasteiger charge is -2.10. The highest BCUT2D eigenvalue weighted by Crippen LogP contribution is 2.25. The Labute approximate surface area is 115 Å². The zero-order valence-electron chi connectivity index (χ0n) is 11.0. The van der Waals surface area contributed by atoms with Gasteiger partial charge in [0.25, 0.3) is 5.91 Å². The Morgan fingerprint density at radius 3 is 2.85 bits per heavy atom. The van der Waals surface area contributed by atoms with Gasteiger partial charge in [0.05, 0.1) is 25.2 Å². The number of nitrogens with zero attached hydrogens (tertiary/aromatic N) is 2. The van der Waals surface area contributed by atoms with Crippen molar-refractivity contribution in [2.75, 3.05) is 24.8 Å². The number of anilines is 2. The van der Waals surface area contributed by atoms with E-state index in [9.17, 15) is 9.18 Å². The number of amides is 1. The smallest absolute Gasteiger partial charge is 0.276 e. The minimum Gasteiger partial charge on any atom is -0.494 e. The third-order valence-corrected chi connectivity index (χ3v) is 2.54. The first-order chi connectivity index (χ1) is 9.63. The Bertz CT molecular complexity index is 634. The molecule has 20 heavy (non-hydrogen) atoms. The molecule has 0 spiro atoms. The van der Waals surface area contributed by atoms with Crippen molar-refractivity contribution in [1.29, 1.82) is 0 Å². The fourth-order valence-electron chi connectivity index (χ4n) is 1.55. The maximum atomic E-state index is 13.1. The average molecular weight is 276 g/mol. The molecule has 0 aliphatic heterocycles. The first kappa shape index (κ1) is 13.7. The molecule has 7 heteroatoms. The van der Waals surface area contributed by atoms with Gasteiger partial charge in [0.2, 0.25) is 0 Å². The normalized spacial score (nSPS) is 9.95. The van der Waals surface area contributed by atoms with Crippen LogP contribution in [-0.2, 0) is 0 Å². The maximum absolute atomic E-state index is 13.1. The first-order valence-electron chi connectivity index (χ1n) is 5.78. The molecule has 0 saturated carbocycles. The molecule has 0 unspecified atom stereocenters. The fraction of sp³-hybridized carbons (Fsp3) is 0.154. The van der Waals surface area contributed by atoms with Gasteiger partial charge in [-0.3, -0.25) is 9.78 Å². The van der Waals surface area contributed by atoms with Crippen LogP contribution in [0.5, 0.6) is 5.75 Å². The van der Waals surface area contributed by atoms with Gasteiger partial charge in [-0.25, -0.2) is 9.37 Å². The molecule has 0 aliphatic rings. The SMILES string of the molecule is CNc1cncc(C(=O)Nc2ccc(F)cc2OC)n1. The highest BCUT2D eigenvalue weighted by atomic mass is 19.1. The van der Waals surface area contributed by atoms with Crippen LogP contribution in [0.4, 0.5) is 15.9 Å². The van der Waals surface area contributed by atoms with Crippen LogP contribution in [0.3, 0.4) is 0 Å². The number of methoxy groups -OCH3 is 1. The molecule has 1 aromatic heterocycles. The van der Waals surface area contributed by atoms with E-state index in [1.165, 1.54) is 37.7 Å². The number of carbonyl (C=O) groups is 1. The molecule has 1 heterocycles. The van der Waals surface area contributed by atoms with Gasteiger partial charge in [0.1, 0.15) is 23.1 Å². The Hall–Kier alpha value is -2.70. The summed E-state index contributed by atoms with van der Waals surface area (Å²) in [6, 6.07) is 3.83. The number of carbonyl (C=O) groups excluding carboxylic acids is 1. The van der Waals surface area contributed by atoms with Crippen molar-refractivity contribution in [1.82, 2.24) is 9.97 Å². The zero-order valence-corrected chi connectivity index (χ0v) is 11.0. The summed E-state index contributed by atoms with van der Waals surface area (Å²) in [4.78, 5) is 20.0. The third-order valence-electron chi connectivity index (χ3n) is 2.54. The molecule has 104 valence electrons. The van der Waals surface area contributed by atoms with E-state index in [0.29, 0.717) is 11.5 Å². The summed E-state index contributed by atoms with van der Waals surface area (Å²) in [6.45, 7) is 0. The monoisotopic (exact) mass is 276 g/mol. The van der Waals surface area contributed by atoms with E-state index in [0.717, 1.165) is 0 Å². The van der Waals surface area contributed by atoms with Crippen LogP contribution in [0.2, 0.25) is 0 Å². The van der Waals surface area contributed by atoms with Crippen molar-refractivity contribution in [3.63, 3.8) is 0 Å². The van der Waals surface area contributed by atoms with Crippen molar-refractivity contribution >= 4 is 17.4 Å². The van der Waals surface area contributed by atoms with Gasteiger partial charge in [0.15, 0.2) is 0 Å². The quantitative estimate of drug-likeness (QED) is 0.892. The molecular weight excluding hydrogens is 263 g/mol. The molecule has 0 bridgehead atoms. The standard InChI is InChI=1S/C13H13FN4O2/c1-15-12-7-16-6-10(17-12)13(19)18-9-4-3-8(14)5-11(9)20-2/h3-7H,1-2H3,(H,15,17)(H,18,19). The minimum atomic E-state index is -0.459. The molecular formula is C13H13FN4O2. The number of nitrogens with one attached hydrogen (secondary N) is 2. The van der Waals surface area contributed by atoms with Gasteiger partial charge in [-0.2, -0.15) is 0 Å². The summed E-state index contributed by atoms with van der Waals surface area (Å²) in [5.74, 6) is -0.198. The lowest BCUT2D eigenvalue weighted by Crippen LogP contribution is -2.15. The number of benzene rings is 1. The van der Waals surface area contributed by atoms with Crippen LogP contribution in [-0.4, -0.2) is 30.0 Å². The molecule has 2 N–H and O–H groups in total. The summed E-state index contributed by atoms with van der Waals surface area (Å²) >= 11 is 0. The molecule has 0 aliphatic carbocycles. The first-order valence-corrected chi connectivity index (χ1v) is 5.78. The third kappa shape index (κ3) is 3.00. The lowest BCUT2D eigenvalue weighted by atomic mass is 10.2. The van der Waals surface area contributed by atoms with E-state index in [2.05, 4.69) is 20.6 Å². The largest absolute Gasteiger partial charge is 0.494 e. The van der Waals surface area contributed by atoms with E-state index in [4.69, 9.17) is 4.74 Å². The predicted molar refractivity (Wildman–Crippen MR) is 72.5 cm³/mol. The van der Waals surface area contributed by atoms with Crippen molar-refractivity contribution in [2.45, 2.75) is 0 Å². The summed E-state index contributed by atoms with van der Waals surface area (Å²) in [5, 5.41) is 5.38. The molecule has 0 atom stereocenters. The Morgan fingerprint density at radius 2 is 2.15 bits per heavy atom. The molecule has 6 nitrogen and oxygen atoms in total. The molecule has 1 amide bonds. The van der Waals surface area contributed by atoms with Crippen molar-refractivity contribution < 1.29 is 13.9 Å². The van der Waals surface area contributed by atoms with Gasteiger partial charge in [-0.15, -0.1) is 0 Å². The summed E-state index contributed by atoms with van der Waals surface area (Å²) < 4.78 is 18.1. The number of ether oxygens (including phenoxy) is 1. The second-order valence-corrected chi connectivity index (χ2v) is 3.84. The van der Waals surface area contributed by atoms with Crippen molar-refractivity contribution in [3.8, 4) is 5.75 Å². The number of hydrogen-bond donors (Lipinski definition) is 2. The van der Waals surface area contributed by atoms with Gasteiger partial charge in [-0.1, -0.05) is 0 Å². The molecule has 0 fully saturated rings. The van der Waals surface area contributed by atoms with E-state index < -0.39 is 11.7 Å². The average Bonchev–Trinajstić information content (AvgIpc) is 2.49. The number of halogens is 1.